The number of ether oxygens (including phenoxy) is 1. The molecule has 0 bridgehead atoms. The van der Waals surface area contributed by atoms with Gasteiger partial charge >= 0.3 is 0 Å². The van der Waals surface area contributed by atoms with Crippen molar-refractivity contribution in [1.82, 2.24) is 15.2 Å². The van der Waals surface area contributed by atoms with Crippen molar-refractivity contribution in [1.29, 1.82) is 0 Å². The molecule has 24 heavy (non-hydrogen) atoms. The van der Waals surface area contributed by atoms with Gasteiger partial charge in [0.25, 0.3) is 5.91 Å². The van der Waals surface area contributed by atoms with Crippen LogP contribution < -0.4 is 10.6 Å². The second-order valence-corrected chi connectivity index (χ2v) is 6.97. The third kappa shape index (κ3) is 4.52. The molecule has 3 rings (SSSR count). The lowest BCUT2D eigenvalue weighted by molar-refractivity contribution is -0.114. The summed E-state index contributed by atoms with van der Waals surface area (Å²) >= 11 is 1.45. The van der Waals surface area contributed by atoms with Crippen LogP contribution in [0.25, 0.3) is 0 Å². The molecule has 0 radical (unpaired) electrons. The maximum atomic E-state index is 12.9. The first kappa shape index (κ1) is 21.4. The van der Waals surface area contributed by atoms with Crippen molar-refractivity contribution in [2.24, 2.45) is 0 Å². The molecule has 9 heteroatoms. The zero-order chi connectivity index (χ0) is 15.6. The van der Waals surface area contributed by atoms with Crippen LogP contribution in [0.5, 0.6) is 0 Å². The molecule has 6 nitrogen and oxygen atoms in total. The summed E-state index contributed by atoms with van der Waals surface area (Å²) in [6.45, 7) is 8.67. The number of hydrogen-bond donors (Lipinski definition) is 2. The van der Waals surface area contributed by atoms with Crippen LogP contribution in [-0.2, 0) is 4.74 Å². The van der Waals surface area contributed by atoms with Crippen LogP contribution in [0.1, 0.15) is 35.1 Å². The summed E-state index contributed by atoms with van der Waals surface area (Å²) in [5.41, 5.74) is 0.666. The van der Waals surface area contributed by atoms with Gasteiger partial charge in [-0.25, -0.2) is 4.98 Å². The highest BCUT2D eigenvalue weighted by Gasteiger charge is 2.39. The molecule has 1 amide bonds. The van der Waals surface area contributed by atoms with Gasteiger partial charge in [0, 0.05) is 13.1 Å². The lowest BCUT2D eigenvalue weighted by Gasteiger charge is -2.45. The number of nitrogens with one attached hydrogen (secondary N) is 2. The molecular weight excluding hydrogens is 371 g/mol. The smallest absolute Gasteiger partial charge is 0.266 e. The SMILES string of the molecule is CCNc1nc(C)c(C(=O)N2CCOC3(CCNCC3)C2)s1.Cl.Cl. The van der Waals surface area contributed by atoms with Gasteiger partial charge in [0.2, 0.25) is 0 Å². The van der Waals surface area contributed by atoms with Crippen LogP contribution in [0.15, 0.2) is 0 Å². The van der Waals surface area contributed by atoms with Crippen molar-refractivity contribution in [3.05, 3.63) is 10.6 Å². The number of aromatic nitrogens is 1. The number of nitrogens with zero attached hydrogens (tertiary/aromatic N) is 2. The van der Waals surface area contributed by atoms with Crippen LogP contribution in [0, 0.1) is 6.92 Å². The summed E-state index contributed by atoms with van der Waals surface area (Å²) in [5, 5.41) is 7.37. The van der Waals surface area contributed by atoms with Crippen molar-refractivity contribution in [3.8, 4) is 0 Å². The third-order valence-corrected chi connectivity index (χ3v) is 5.47. The van der Waals surface area contributed by atoms with Crippen LogP contribution in [0.2, 0.25) is 0 Å². The minimum absolute atomic E-state index is 0. The molecule has 0 aromatic carbocycles. The van der Waals surface area contributed by atoms with Gasteiger partial charge in [-0.05, 0) is 39.8 Å². The van der Waals surface area contributed by atoms with Crippen molar-refractivity contribution in [2.75, 3.05) is 44.6 Å². The van der Waals surface area contributed by atoms with Gasteiger partial charge in [-0.15, -0.1) is 24.8 Å². The van der Waals surface area contributed by atoms with Crippen molar-refractivity contribution < 1.29 is 9.53 Å². The molecule has 2 aliphatic rings. The number of hydrogen-bond acceptors (Lipinski definition) is 6. The van der Waals surface area contributed by atoms with E-state index in [1.807, 2.05) is 18.7 Å². The summed E-state index contributed by atoms with van der Waals surface area (Å²) in [6.07, 6.45) is 1.95. The Hall–Kier alpha value is -0.600. The van der Waals surface area contributed by atoms with E-state index in [4.69, 9.17) is 4.74 Å². The molecule has 2 N–H and O–H groups in total. The molecular formula is C15H26Cl2N4O2S. The standard InChI is InChI=1S/C15H24N4O2S.2ClH/c1-3-17-14-18-11(2)12(22-14)13(20)19-8-9-21-15(10-19)4-6-16-7-5-15;;/h16H,3-10H2,1-2H3,(H,17,18);2*1H. The van der Waals surface area contributed by atoms with Gasteiger partial charge in [-0.3, -0.25) is 4.79 Å². The van der Waals surface area contributed by atoms with E-state index >= 15 is 0 Å². The Bertz CT molecular complexity index is 544. The number of anilines is 1. The summed E-state index contributed by atoms with van der Waals surface area (Å²) in [7, 11) is 0. The monoisotopic (exact) mass is 396 g/mol. The first-order valence-electron chi connectivity index (χ1n) is 7.99. The molecule has 1 spiro atoms. The van der Waals surface area contributed by atoms with E-state index in [1.165, 1.54) is 11.3 Å². The number of halogens is 2. The first-order chi connectivity index (χ1) is 10.6. The van der Waals surface area contributed by atoms with Crippen molar-refractivity contribution >= 4 is 47.2 Å². The predicted octanol–water partition coefficient (Wildman–Crippen LogP) is 2.32. The van der Waals surface area contributed by atoms with E-state index in [0.29, 0.717) is 19.7 Å². The van der Waals surface area contributed by atoms with Gasteiger partial charge < -0.3 is 20.3 Å². The number of amides is 1. The maximum Gasteiger partial charge on any atom is 0.266 e. The van der Waals surface area contributed by atoms with Crippen LogP contribution in [-0.4, -0.2) is 60.7 Å². The van der Waals surface area contributed by atoms with Crippen LogP contribution in [0.4, 0.5) is 5.13 Å². The van der Waals surface area contributed by atoms with Gasteiger partial charge in [-0.2, -0.15) is 0 Å². The van der Waals surface area contributed by atoms with Gasteiger partial charge in [-0.1, -0.05) is 11.3 Å². The third-order valence-electron chi connectivity index (χ3n) is 4.37. The van der Waals surface area contributed by atoms with Gasteiger partial charge in [0.05, 0.1) is 24.4 Å². The van der Waals surface area contributed by atoms with Gasteiger partial charge in [0.1, 0.15) is 4.88 Å². The van der Waals surface area contributed by atoms with Gasteiger partial charge in [0.15, 0.2) is 5.13 Å². The molecule has 0 aliphatic carbocycles. The molecule has 0 saturated carbocycles. The summed E-state index contributed by atoms with van der Waals surface area (Å²) < 4.78 is 6.04. The Morgan fingerprint density at radius 1 is 1.42 bits per heavy atom. The zero-order valence-corrected chi connectivity index (χ0v) is 16.5. The average molecular weight is 397 g/mol. The highest BCUT2D eigenvalue weighted by molar-refractivity contribution is 7.17. The van der Waals surface area contributed by atoms with E-state index in [0.717, 1.165) is 48.2 Å². The van der Waals surface area contributed by atoms with E-state index in [1.54, 1.807) is 0 Å². The number of aryl methyl sites for hydroxylation is 1. The van der Waals surface area contributed by atoms with Crippen molar-refractivity contribution in [2.45, 2.75) is 32.3 Å². The normalized spacial score (nSPS) is 19.3. The quantitative estimate of drug-likeness (QED) is 0.820. The molecule has 0 unspecified atom stereocenters. The second kappa shape index (κ2) is 9.20. The second-order valence-electron chi connectivity index (χ2n) is 5.97. The predicted molar refractivity (Wildman–Crippen MR) is 102 cm³/mol. The Morgan fingerprint density at radius 2 is 2.12 bits per heavy atom. The lowest BCUT2D eigenvalue weighted by Crippen LogP contribution is -2.57. The highest BCUT2D eigenvalue weighted by Crippen LogP contribution is 2.30. The Labute approximate surface area is 159 Å². The lowest BCUT2D eigenvalue weighted by atomic mass is 9.90. The fourth-order valence-electron chi connectivity index (χ4n) is 3.17. The average Bonchev–Trinajstić information content (AvgIpc) is 2.88. The number of rotatable bonds is 3. The van der Waals surface area contributed by atoms with Crippen LogP contribution in [0.3, 0.4) is 0 Å². The Morgan fingerprint density at radius 3 is 2.79 bits per heavy atom. The summed E-state index contributed by atoms with van der Waals surface area (Å²) in [6, 6.07) is 0. The number of piperidine rings is 1. The van der Waals surface area contributed by atoms with E-state index < -0.39 is 0 Å². The number of carbonyl (C=O) groups is 1. The van der Waals surface area contributed by atoms with E-state index in [2.05, 4.69) is 15.6 Å². The maximum absolute atomic E-state index is 12.9. The number of morpholine rings is 1. The molecule has 1 aromatic rings. The molecule has 138 valence electrons. The summed E-state index contributed by atoms with van der Waals surface area (Å²) in [5.74, 6) is 0.0976. The molecule has 3 heterocycles. The fourth-order valence-corrected chi connectivity index (χ4v) is 4.17. The highest BCUT2D eigenvalue weighted by atomic mass is 35.5. The fraction of sp³-hybridized carbons (Fsp3) is 0.733. The number of thiazole rings is 1. The molecule has 1 aromatic heterocycles. The van der Waals surface area contributed by atoms with E-state index in [9.17, 15) is 4.79 Å². The largest absolute Gasteiger partial charge is 0.371 e. The zero-order valence-electron chi connectivity index (χ0n) is 14.1. The van der Waals surface area contributed by atoms with Crippen LogP contribution >= 0.6 is 36.2 Å². The van der Waals surface area contributed by atoms with Crippen molar-refractivity contribution in [3.63, 3.8) is 0 Å². The molecule has 2 saturated heterocycles. The molecule has 0 atom stereocenters. The Balaban J connectivity index is 0.00000144. The minimum atomic E-state index is -0.151. The topological polar surface area (TPSA) is 66.5 Å². The summed E-state index contributed by atoms with van der Waals surface area (Å²) in [4.78, 5) is 20.0. The number of carbonyl (C=O) groups excluding carboxylic acids is 1. The molecule has 2 fully saturated rings. The van der Waals surface area contributed by atoms with E-state index in [-0.39, 0.29) is 36.3 Å². The first-order valence-corrected chi connectivity index (χ1v) is 8.80. The molecule has 2 aliphatic heterocycles. The Kier molecular flexibility index (Phi) is 8.22. The minimum Gasteiger partial charge on any atom is -0.371 e.